The molecule has 0 aromatic rings. The van der Waals surface area contributed by atoms with Gasteiger partial charge in [-0.1, -0.05) is 6.92 Å². The number of nitrogens with one attached hydrogen (secondary N) is 2. The van der Waals surface area contributed by atoms with Gasteiger partial charge in [0.05, 0.1) is 18.9 Å². The first-order chi connectivity index (χ1) is 10.4. The van der Waals surface area contributed by atoms with Gasteiger partial charge >= 0.3 is 5.97 Å². The van der Waals surface area contributed by atoms with Gasteiger partial charge in [-0.2, -0.15) is 11.8 Å². The van der Waals surface area contributed by atoms with Gasteiger partial charge in [0.25, 0.3) is 0 Å². The fourth-order valence-corrected chi connectivity index (χ4v) is 2.20. The van der Waals surface area contributed by atoms with Crippen LogP contribution in [-0.2, 0) is 23.9 Å². The lowest BCUT2D eigenvalue weighted by Crippen LogP contribution is -2.55. The maximum atomic E-state index is 11.6. The van der Waals surface area contributed by atoms with Crippen molar-refractivity contribution in [1.29, 1.82) is 0 Å². The summed E-state index contributed by atoms with van der Waals surface area (Å²) in [6, 6.07) is -0.114. The Bertz CT molecular complexity index is 365. The summed E-state index contributed by atoms with van der Waals surface area (Å²) < 4.78 is 9.60. The summed E-state index contributed by atoms with van der Waals surface area (Å²) in [6.45, 7) is 5.47. The molecule has 1 fully saturated rings. The van der Waals surface area contributed by atoms with Gasteiger partial charge < -0.3 is 20.1 Å². The number of carbonyl (C=O) groups excluding carboxylic acids is 3. The largest absolute Gasteiger partial charge is 0.469 e. The van der Waals surface area contributed by atoms with Crippen molar-refractivity contribution in [2.24, 2.45) is 0 Å². The predicted octanol–water partition coefficient (Wildman–Crippen LogP) is 0.676. The van der Waals surface area contributed by atoms with Crippen LogP contribution in [0, 0.1) is 0 Å². The third-order valence-corrected chi connectivity index (χ3v) is 3.61. The lowest BCUT2D eigenvalue weighted by molar-refractivity contribution is -0.138. The molecule has 0 saturated carbocycles. The molecule has 1 heterocycles. The van der Waals surface area contributed by atoms with Crippen LogP contribution < -0.4 is 10.6 Å². The molecule has 1 aliphatic heterocycles. The Morgan fingerprint density at radius 1 is 1.27 bits per heavy atom. The molecule has 1 saturated heterocycles. The number of methoxy groups -OCH3 is 1. The molecule has 7 nitrogen and oxygen atoms in total. The van der Waals surface area contributed by atoms with Crippen molar-refractivity contribution in [3.05, 3.63) is 0 Å². The number of hydrogen-bond donors (Lipinski definition) is 2. The van der Waals surface area contributed by atoms with Gasteiger partial charge in [0.15, 0.2) is 0 Å². The Morgan fingerprint density at radius 2 is 1.91 bits per heavy atom. The molecular weight excluding hydrogens is 308 g/mol. The minimum atomic E-state index is -0.391. The fraction of sp³-hybridized carbons (Fsp3) is 0.786. The number of carbonyl (C=O) groups is 3. The van der Waals surface area contributed by atoms with Gasteiger partial charge in [-0.3, -0.25) is 14.4 Å². The highest BCUT2D eigenvalue weighted by Gasteiger charge is 2.27. The van der Waals surface area contributed by atoms with E-state index in [2.05, 4.69) is 15.4 Å². The summed E-state index contributed by atoms with van der Waals surface area (Å²) in [5.74, 6) is 0.962. The lowest BCUT2D eigenvalue weighted by atomic mass is 10.1. The van der Waals surface area contributed by atoms with Crippen LogP contribution in [0.25, 0.3) is 0 Å². The molecule has 8 heteroatoms. The predicted molar refractivity (Wildman–Crippen MR) is 85.4 cm³/mol. The standard InChI is InChI=1S/C11H20N2O3S.C3H6O2/c1-3-17-7-10(15)13-11-9(12-8(2)14)5-4-6-16-11;1-3(4)5-2/h9,11H,3-7H2,1-2H3,(H,12,14)(H,13,15);1-2H3. The van der Waals surface area contributed by atoms with Gasteiger partial charge in [-0.15, -0.1) is 0 Å². The van der Waals surface area contributed by atoms with Crippen LogP contribution in [0.4, 0.5) is 0 Å². The van der Waals surface area contributed by atoms with Crippen LogP contribution in [0.3, 0.4) is 0 Å². The van der Waals surface area contributed by atoms with Gasteiger partial charge in [0, 0.05) is 20.5 Å². The van der Waals surface area contributed by atoms with E-state index in [1.807, 2.05) is 6.92 Å². The summed E-state index contributed by atoms with van der Waals surface area (Å²) in [5.41, 5.74) is 0. The summed E-state index contributed by atoms with van der Waals surface area (Å²) in [5, 5.41) is 5.62. The van der Waals surface area contributed by atoms with E-state index in [0.717, 1.165) is 18.6 Å². The number of ether oxygens (including phenoxy) is 2. The summed E-state index contributed by atoms with van der Waals surface area (Å²) in [7, 11) is 1.35. The van der Waals surface area contributed by atoms with Gasteiger partial charge in [0.2, 0.25) is 11.8 Å². The molecule has 2 N–H and O–H groups in total. The maximum absolute atomic E-state index is 11.6. The summed E-state index contributed by atoms with van der Waals surface area (Å²) in [4.78, 5) is 32.2. The normalized spacial score (nSPS) is 20.2. The Hall–Kier alpha value is -1.28. The highest BCUT2D eigenvalue weighted by molar-refractivity contribution is 7.99. The van der Waals surface area contributed by atoms with Crippen molar-refractivity contribution in [1.82, 2.24) is 10.6 Å². The zero-order chi connectivity index (χ0) is 17.0. The molecule has 2 unspecified atom stereocenters. The van der Waals surface area contributed by atoms with E-state index in [9.17, 15) is 14.4 Å². The first-order valence-corrected chi connectivity index (χ1v) is 8.36. The van der Waals surface area contributed by atoms with Crippen LogP contribution in [0.1, 0.15) is 33.6 Å². The second-order valence-electron chi connectivity index (χ2n) is 4.64. The molecule has 1 aliphatic rings. The molecule has 0 aromatic heterocycles. The Kier molecular flexibility index (Phi) is 11.6. The van der Waals surface area contributed by atoms with Crippen molar-refractivity contribution in [3.63, 3.8) is 0 Å². The van der Waals surface area contributed by atoms with E-state index in [1.54, 1.807) is 11.8 Å². The van der Waals surface area contributed by atoms with Crippen LogP contribution >= 0.6 is 11.8 Å². The summed E-state index contributed by atoms with van der Waals surface area (Å²) in [6.07, 6.45) is 1.35. The minimum absolute atomic E-state index is 0.0425. The molecule has 22 heavy (non-hydrogen) atoms. The maximum Gasteiger partial charge on any atom is 0.302 e. The summed E-state index contributed by atoms with van der Waals surface area (Å²) >= 11 is 1.56. The van der Waals surface area contributed by atoms with Gasteiger partial charge in [0.1, 0.15) is 6.23 Å². The highest BCUT2D eigenvalue weighted by Crippen LogP contribution is 2.12. The molecule has 0 aliphatic carbocycles. The van der Waals surface area contributed by atoms with Crippen molar-refractivity contribution in [3.8, 4) is 0 Å². The van der Waals surface area contributed by atoms with Crippen LogP contribution in [-0.4, -0.2) is 55.3 Å². The van der Waals surface area contributed by atoms with E-state index in [-0.39, 0.29) is 23.8 Å². The number of rotatable bonds is 5. The molecule has 2 amide bonds. The second-order valence-corrected chi connectivity index (χ2v) is 5.92. The van der Waals surface area contributed by atoms with E-state index < -0.39 is 6.23 Å². The van der Waals surface area contributed by atoms with Gasteiger partial charge in [-0.05, 0) is 18.6 Å². The first kappa shape index (κ1) is 20.7. The second kappa shape index (κ2) is 12.3. The molecule has 0 bridgehead atoms. The van der Waals surface area contributed by atoms with Gasteiger partial charge in [-0.25, -0.2) is 0 Å². The fourth-order valence-electron chi connectivity index (χ4n) is 1.73. The van der Waals surface area contributed by atoms with E-state index in [0.29, 0.717) is 12.4 Å². The van der Waals surface area contributed by atoms with Crippen LogP contribution in [0.15, 0.2) is 0 Å². The van der Waals surface area contributed by atoms with Crippen LogP contribution in [0.5, 0.6) is 0 Å². The molecular formula is C14H26N2O5S. The van der Waals surface area contributed by atoms with E-state index in [4.69, 9.17) is 4.74 Å². The SMILES string of the molecule is CCSCC(=O)NC1OCCCC1NC(C)=O.COC(C)=O. The molecule has 0 radical (unpaired) electrons. The Labute approximate surface area is 135 Å². The monoisotopic (exact) mass is 334 g/mol. The molecule has 1 rings (SSSR count). The number of esters is 1. The topological polar surface area (TPSA) is 93.7 Å². The Balaban J connectivity index is 0.000000763. The first-order valence-electron chi connectivity index (χ1n) is 7.21. The molecule has 128 valence electrons. The molecule has 0 spiro atoms. The van der Waals surface area contributed by atoms with Crippen molar-refractivity contribution in [2.45, 2.75) is 45.9 Å². The third kappa shape index (κ3) is 10.4. The smallest absolute Gasteiger partial charge is 0.302 e. The van der Waals surface area contributed by atoms with Crippen molar-refractivity contribution < 1.29 is 23.9 Å². The molecule has 0 aromatic carbocycles. The average molecular weight is 334 g/mol. The highest BCUT2D eigenvalue weighted by atomic mass is 32.2. The molecule has 2 atom stereocenters. The number of thioether (sulfide) groups is 1. The zero-order valence-electron chi connectivity index (χ0n) is 13.6. The lowest BCUT2D eigenvalue weighted by Gasteiger charge is -2.32. The number of amides is 2. The van der Waals surface area contributed by atoms with E-state index >= 15 is 0 Å². The number of hydrogen-bond acceptors (Lipinski definition) is 6. The van der Waals surface area contributed by atoms with E-state index in [1.165, 1.54) is 21.0 Å². The zero-order valence-corrected chi connectivity index (χ0v) is 14.5. The van der Waals surface area contributed by atoms with Crippen molar-refractivity contribution >= 4 is 29.5 Å². The average Bonchev–Trinajstić information content (AvgIpc) is 2.47. The van der Waals surface area contributed by atoms with Crippen LogP contribution in [0.2, 0.25) is 0 Å². The third-order valence-electron chi connectivity index (χ3n) is 2.74. The van der Waals surface area contributed by atoms with Crippen molar-refractivity contribution in [2.75, 3.05) is 25.2 Å². The minimum Gasteiger partial charge on any atom is -0.469 e. The quantitative estimate of drug-likeness (QED) is 0.718. The Morgan fingerprint density at radius 3 is 2.41 bits per heavy atom.